The van der Waals surface area contributed by atoms with E-state index >= 15 is 0 Å². The Morgan fingerprint density at radius 1 is 0.448 bits per heavy atom. The average molecular weight is 1800 g/mol. The van der Waals surface area contributed by atoms with Crippen molar-refractivity contribution in [2.75, 3.05) is 106 Å². The molecular weight excluding hydrogens is 1710 g/mol. The number of ether oxygens (including phenoxy) is 1. The van der Waals surface area contributed by atoms with Crippen LogP contribution in [0.3, 0.4) is 0 Å². The van der Waals surface area contributed by atoms with Crippen molar-refractivity contribution in [1.29, 1.82) is 0 Å². The first kappa shape index (κ1) is 80.9. The topological polar surface area (TPSA) is 422 Å². The van der Waals surface area contributed by atoms with Crippen molar-refractivity contribution < 1.29 is 4.74 Å². The molecule has 14 aromatic heterocycles. The Balaban J connectivity index is 0.000000114. The zero-order valence-electron chi connectivity index (χ0n) is 63.5. The number of aryl methyl sites for hydroxylation is 4. The highest BCUT2D eigenvalue weighted by atomic mass is 79.9. The summed E-state index contributed by atoms with van der Waals surface area (Å²) in [6.07, 6.45) is 33.4. The lowest BCUT2D eigenvalue weighted by atomic mass is 9.95. The second-order valence-corrected chi connectivity index (χ2v) is 32.7. The first-order valence-corrected chi connectivity index (χ1v) is 41.6. The number of hydrogen-bond acceptors (Lipinski definition) is 26. The zero-order chi connectivity index (χ0) is 79.5. The smallest absolute Gasteiger partial charge is 0.165 e. The molecule has 0 spiro atoms. The highest BCUT2D eigenvalue weighted by Crippen LogP contribution is 2.41. The minimum absolute atomic E-state index is 0. The molecule has 15 aromatic rings. The molecule has 0 bridgehead atoms. The monoisotopic (exact) mass is 1800 g/mol. The van der Waals surface area contributed by atoms with E-state index in [1.54, 1.807) is 78.5 Å². The molecule has 15 N–H and O–H groups in total. The van der Waals surface area contributed by atoms with Gasteiger partial charge >= 0.3 is 0 Å². The van der Waals surface area contributed by atoms with Gasteiger partial charge in [0.15, 0.2) is 28.2 Å². The number of rotatable bonds is 11. The number of anilines is 5. The lowest BCUT2D eigenvalue weighted by Gasteiger charge is -2.24. The Hall–Kier alpha value is -10.3. The summed E-state index contributed by atoms with van der Waals surface area (Å²) in [4.78, 5) is 24.2. The third-order valence-electron chi connectivity index (χ3n) is 20.8. The maximum atomic E-state index is 6.47. The Bertz CT molecular complexity index is 5640. The van der Waals surface area contributed by atoms with Gasteiger partial charge in [-0.25, -0.2) is 24.9 Å². The number of morpholine rings is 1. The molecule has 5 fully saturated rings. The van der Waals surface area contributed by atoms with Gasteiger partial charge in [-0.3, -0.25) is 18.7 Å². The maximum absolute atomic E-state index is 6.47. The molecular formula is C77H91Br3ClN33OS. The van der Waals surface area contributed by atoms with Crippen molar-refractivity contribution in [2.24, 2.45) is 28.2 Å². The van der Waals surface area contributed by atoms with Crippen LogP contribution in [0.1, 0.15) is 108 Å². The number of fused-ring (bicyclic) bond motifs is 5. The third-order valence-corrected chi connectivity index (χ3v) is 24.8. The van der Waals surface area contributed by atoms with Gasteiger partial charge in [0.2, 0.25) is 0 Å². The number of halogens is 4. The van der Waals surface area contributed by atoms with Crippen molar-refractivity contribution in [2.45, 2.75) is 68.6 Å². The fourth-order valence-electron chi connectivity index (χ4n) is 14.7. The van der Waals surface area contributed by atoms with Gasteiger partial charge < -0.3 is 60.0 Å². The lowest BCUT2D eigenvalue weighted by molar-refractivity contribution is 0.0247. The van der Waals surface area contributed by atoms with E-state index in [0.717, 1.165) is 210 Å². The van der Waals surface area contributed by atoms with Crippen LogP contribution in [0.25, 0.3) is 84.9 Å². The van der Waals surface area contributed by atoms with Crippen LogP contribution in [0.2, 0.25) is 5.02 Å². The number of benzene rings is 1. The fraction of sp³-hybridized carbons (Fsp3) is 0.351. The molecule has 0 amide bonds. The van der Waals surface area contributed by atoms with Crippen LogP contribution in [0.5, 0.6) is 0 Å². The first-order chi connectivity index (χ1) is 55.9. The van der Waals surface area contributed by atoms with Gasteiger partial charge in [0.05, 0.1) is 110 Å². The van der Waals surface area contributed by atoms with Crippen molar-refractivity contribution in [3.63, 3.8) is 0 Å². The van der Waals surface area contributed by atoms with Crippen molar-refractivity contribution in [3.05, 3.63) is 175 Å². The van der Waals surface area contributed by atoms with E-state index in [2.05, 4.69) is 138 Å². The molecule has 0 aliphatic carbocycles. The van der Waals surface area contributed by atoms with Crippen LogP contribution in [0, 0.1) is 0 Å². The minimum atomic E-state index is -0.137. The van der Waals surface area contributed by atoms with Gasteiger partial charge in [-0.15, -0.1) is 11.8 Å². The Labute approximate surface area is 701 Å². The lowest BCUT2D eigenvalue weighted by Crippen LogP contribution is -2.34. The van der Waals surface area contributed by atoms with Gasteiger partial charge in [0.25, 0.3) is 0 Å². The summed E-state index contributed by atoms with van der Waals surface area (Å²) in [5.41, 5.74) is 49.3. The fourth-order valence-corrected chi connectivity index (χ4v) is 17.9. The van der Waals surface area contributed by atoms with E-state index in [4.69, 9.17) is 69.9 Å². The molecule has 34 nitrogen and oxygen atoms in total. The van der Waals surface area contributed by atoms with Crippen LogP contribution < -0.4 is 55.3 Å². The minimum Gasteiger partial charge on any atom is -0.384 e. The molecule has 5 aliphatic rings. The number of hydrogen-bond donors (Lipinski definition) is 10. The molecule has 5 aliphatic heterocycles. The first-order valence-electron chi connectivity index (χ1n) is 37.8. The van der Waals surface area contributed by atoms with Crippen LogP contribution in [-0.4, -0.2) is 190 Å². The quantitative estimate of drug-likeness (QED) is 0.0575. The standard InChI is InChI=1S/C19H21N5.C15H18ClN7.C14H16BrN7O.C14H16BrN7S.C14H16BrN7.CH4/c20-18-11-17(15-7-4-10-21-12-15)23-19-16(13-22-24(18)19)9-8-14-5-2-1-3-6-14;1-22-8-10(6-19-22)11-7-20-23-14(17)12(16)13(21-15(11)23)9-3-2-4-18-5-9;2*1-21-7-8(4-18-21)9-5-19-22-13(16)11(15)12(20-14(9)22)10-6-17-2-3-23-10;1-21-7-9(5-18-21)10-6-19-22-13(16)11(15)12(20-14(10)22)8-2-3-17-4-8;/h1-3,5-6,8-9,11,13,15,21H,4,7,10,12,20H2;6-9,18H,2-5,17H2,1H3;2*4-5,7,10,17H,2-3,6,16H2,1H3;5-8,17H,2-4,16H2,1H3;1H4/b9-8+;;;;;. The molecule has 604 valence electrons. The Morgan fingerprint density at radius 2 is 0.897 bits per heavy atom. The van der Waals surface area contributed by atoms with E-state index in [-0.39, 0.29) is 24.7 Å². The number of nitrogens with one attached hydrogen (secondary N) is 5. The van der Waals surface area contributed by atoms with E-state index in [1.165, 1.54) is 6.42 Å². The molecule has 19 heterocycles. The number of nitrogen functional groups attached to an aromatic ring is 5. The highest BCUT2D eigenvalue weighted by molar-refractivity contribution is 9.11. The Kier molecular flexibility index (Phi) is 24.9. The van der Waals surface area contributed by atoms with Crippen LogP contribution in [0.4, 0.5) is 29.1 Å². The van der Waals surface area contributed by atoms with Gasteiger partial charge in [-0.05, 0) is 111 Å². The normalized spacial score (nSPS) is 18.4. The number of nitrogens with zero attached hydrogens (tertiary/aromatic N) is 23. The van der Waals surface area contributed by atoms with Crippen LogP contribution in [-0.2, 0) is 32.9 Å². The van der Waals surface area contributed by atoms with Crippen molar-refractivity contribution in [1.82, 2.24) is 139 Å². The predicted molar refractivity (Wildman–Crippen MR) is 466 cm³/mol. The maximum Gasteiger partial charge on any atom is 0.165 e. The molecule has 5 atom stereocenters. The largest absolute Gasteiger partial charge is 0.384 e. The summed E-state index contributed by atoms with van der Waals surface area (Å²) in [7, 11) is 7.54. The van der Waals surface area contributed by atoms with Crippen molar-refractivity contribution in [3.8, 4) is 44.5 Å². The molecule has 39 heteroatoms. The van der Waals surface area contributed by atoms with Gasteiger partial charge in [0.1, 0.15) is 40.2 Å². The molecule has 20 rings (SSSR count). The molecule has 0 radical (unpaired) electrons. The summed E-state index contributed by atoms with van der Waals surface area (Å²) in [6, 6.07) is 12.2. The van der Waals surface area contributed by atoms with Gasteiger partial charge in [0, 0.05) is 178 Å². The summed E-state index contributed by atoms with van der Waals surface area (Å²) in [5, 5.41) is 56.4. The van der Waals surface area contributed by atoms with E-state index < -0.39 is 0 Å². The van der Waals surface area contributed by atoms with E-state index in [9.17, 15) is 0 Å². The average Bonchev–Trinajstić information content (AvgIpc) is 1.60. The summed E-state index contributed by atoms with van der Waals surface area (Å²) < 4.78 is 23.5. The van der Waals surface area contributed by atoms with Crippen LogP contribution >= 0.6 is 71.2 Å². The van der Waals surface area contributed by atoms with E-state index in [0.29, 0.717) is 64.7 Å². The second-order valence-electron chi connectivity index (χ2n) is 28.7. The molecule has 5 unspecified atom stereocenters. The predicted octanol–water partition coefficient (Wildman–Crippen LogP) is 9.96. The molecule has 116 heavy (non-hydrogen) atoms. The van der Waals surface area contributed by atoms with Gasteiger partial charge in [-0.1, -0.05) is 55.4 Å². The molecule has 5 saturated heterocycles. The van der Waals surface area contributed by atoms with E-state index in [1.807, 2.05) is 114 Å². The molecule has 1 aromatic carbocycles. The SMILES string of the molecule is C.Cn1cc(-c2cnn3c(N)c(Br)c(C4CCNC4)nc23)cn1.Cn1cc(-c2cnn3c(N)c(Br)c(C4CNCCO4)nc23)cn1.Cn1cc(-c2cnn3c(N)c(Br)c(C4CNCCS4)nc23)cn1.Cn1cc(-c2cnn3c(N)c(Cl)c(C4CCCNC4)nc23)cn1.Nc1cc(C2CCCNC2)nc2c(/C=C/c3ccccc3)cnn12. The highest BCUT2D eigenvalue weighted by Gasteiger charge is 2.30. The third kappa shape index (κ3) is 16.9. The Morgan fingerprint density at radius 3 is 1.37 bits per heavy atom. The number of nitrogens with two attached hydrogens (primary N) is 5. The number of piperidine rings is 2. The number of aromatic nitrogens is 23. The van der Waals surface area contributed by atoms with Gasteiger partial charge in [-0.2, -0.15) is 68.5 Å². The molecule has 0 saturated carbocycles. The zero-order valence-corrected chi connectivity index (χ0v) is 69.9. The summed E-state index contributed by atoms with van der Waals surface area (Å²) in [6.45, 7) is 10.0. The summed E-state index contributed by atoms with van der Waals surface area (Å²) >= 11 is 19.1. The summed E-state index contributed by atoms with van der Waals surface area (Å²) in [5.74, 6) is 4.89. The second kappa shape index (κ2) is 35.7. The van der Waals surface area contributed by atoms with Crippen molar-refractivity contribution >= 4 is 141 Å². The van der Waals surface area contributed by atoms with Crippen LogP contribution in [0.15, 0.2) is 130 Å². The number of thioether (sulfide) groups is 1.